The Morgan fingerprint density at radius 3 is 2.44 bits per heavy atom. The van der Waals surface area contributed by atoms with Crippen molar-refractivity contribution in [3.63, 3.8) is 0 Å². The third kappa shape index (κ3) is 14.9. The van der Waals surface area contributed by atoms with E-state index in [1.807, 2.05) is 44.2 Å². The minimum absolute atomic E-state index is 0.0303. The second-order valence-electron chi connectivity index (χ2n) is 9.41. The Hall–Kier alpha value is -3.43. The van der Waals surface area contributed by atoms with Crippen LogP contribution in [0, 0.1) is 12.7 Å². The Kier molecular flexibility index (Phi) is 16.9. The third-order valence-electron chi connectivity index (χ3n) is 5.41. The molecule has 0 radical (unpaired) electrons. The number of carbonyl (C=O) groups excluding carboxylic acids is 2. The molecule has 2 aromatic rings. The van der Waals surface area contributed by atoms with Crippen molar-refractivity contribution in [2.45, 2.75) is 59.0 Å². The molecule has 0 saturated heterocycles. The van der Waals surface area contributed by atoms with Gasteiger partial charge in [0.05, 0.1) is 6.54 Å². The van der Waals surface area contributed by atoms with Crippen LogP contribution in [0.2, 0.25) is 0 Å². The standard InChI is InChI=1S/C20H31N5O3.C7H7F.C3H8/c1-14-11-23-15(2)13-28-18-8-4-3-6-16(18)7-5-9-22-20(27)17(10-21)25-19(26)12-24-14;1-6-3-2-4-7(8)5-6;1-3-2/h3-4,6,8,15,17,23-24H,1,5,7,9-13,21H2,2H3,(H,22,27)(H,25,26);2-5H,1H3;3H2,1-2H3/t15-,17?;;/m0../s1. The molecule has 39 heavy (non-hydrogen) atoms. The summed E-state index contributed by atoms with van der Waals surface area (Å²) in [6, 6.07) is 13.8. The fraction of sp³-hybridized carbons (Fsp3) is 0.467. The molecule has 0 fully saturated rings. The first-order valence-corrected chi connectivity index (χ1v) is 13.5. The van der Waals surface area contributed by atoms with E-state index in [0.717, 1.165) is 29.7 Å². The van der Waals surface area contributed by atoms with Gasteiger partial charge in [0.25, 0.3) is 0 Å². The fourth-order valence-corrected chi connectivity index (χ4v) is 3.39. The fourth-order valence-electron chi connectivity index (χ4n) is 3.39. The summed E-state index contributed by atoms with van der Waals surface area (Å²) in [6.07, 6.45) is 2.78. The minimum Gasteiger partial charge on any atom is -0.492 e. The zero-order chi connectivity index (χ0) is 29.0. The van der Waals surface area contributed by atoms with E-state index >= 15 is 0 Å². The number of halogens is 1. The number of ether oxygens (including phenoxy) is 1. The SMILES string of the molecule is C=C1CN[C@@H](C)COc2ccccc2CCCNC(=O)C(CN)NC(=O)CN1.CCC.Cc1cccc(F)c1. The van der Waals surface area contributed by atoms with Gasteiger partial charge in [0.2, 0.25) is 11.8 Å². The van der Waals surface area contributed by atoms with Gasteiger partial charge < -0.3 is 31.7 Å². The van der Waals surface area contributed by atoms with Crippen LogP contribution in [0.3, 0.4) is 0 Å². The summed E-state index contributed by atoms with van der Waals surface area (Å²) >= 11 is 0. The normalized spacial score (nSPS) is 19.0. The first-order valence-electron chi connectivity index (χ1n) is 13.5. The summed E-state index contributed by atoms with van der Waals surface area (Å²) in [5, 5.41) is 11.7. The number of para-hydroxylation sites is 1. The Balaban J connectivity index is 0.000000575. The van der Waals surface area contributed by atoms with Crippen LogP contribution in [0.4, 0.5) is 4.39 Å². The van der Waals surface area contributed by atoms with Gasteiger partial charge in [-0.15, -0.1) is 0 Å². The van der Waals surface area contributed by atoms with Crippen LogP contribution in [0.25, 0.3) is 0 Å². The average molecular weight is 544 g/mol. The van der Waals surface area contributed by atoms with Crippen LogP contribution in [0.1, 0.15) is 44.7 Å². The average Bonchev–Trinajstić information content (AvgIpc) is 2.91. The number of hydrogen-bond acceptors (Lipinski definition) is 6. The largest absolute Gasteiger partial charge is 0.492 e. The molecule has 0 aliphatic carbocycles. The highest BCUT2D eigenvalue weighted by molar-refractivity contribution is 5.88. The number of hydrogen-bond donors (Lipinski definition) is 5. The molecule has 1 unspecified atom stereocenters. The van der Waals surface area contributed by atoms with Crippen molar-refractivity contribution in [3.05, 3.63) is 77.8 Å². The molecule has 3 rings (SSSR count). The summed E-state index contributed by atoms with van der Waals surface area (Å²) in [5.41, 5.74) is 8.38. The van der Waals surface area contributed by atoms with E-state index in [2.05, 4.69) is 41.7 Å². The second kappa shape index (κ2) is 19.6. The second-order valence-corrected chi connectivity index (χ2v) is 9.41. The van der Waals surface area contributed by atoms with Crippen molar-refractivity contribution in [3.8, 4) is 5.75 Å². The minimum atomic E-state index is -0.754. The van der Waals surface area contributed by atoms with E-state index in [9.17, 15) is 14.0 Å². The van der Waals surface area contributed by atoms with Crippen molar-refractivity contribution in [2.75, 3.05) is 32.8 Å². The zero-order valence-electron chi connectivity index (χ0n) is 23.8. The summed E-state index contributed by atoms with van der Waals surface area (Å²) in [4.78, 5) is 24.3. The van der Waals surface area contributed by atoms with Crippen molar-refractivity contribution in [1.29, 1.82) is 0 Å². The zero-order valence-corrected chi connectivity index (χ0v) is 23.8. The van der Waals surface area contributed by atoms with Crippen LogP contribution in [-0.4, -0.2) is 56.7 Å². The maximum Gasteiger partial charge on any atom is 0.243 e. The smallest absolute Gasteiger partial charge is 0.243 e. The Bertz CT molecular complexity index is 1000. The van der Waals surface area contributed by atoms with E-state index in [4.69, 9.17) is 10.5 Å². The number of carbonyl (C=O) groups is 2. The number of aryl methyl sites for hydroxylation is 2. The van der Waals surface area contributed by atoms with E-state index in [1.54, 1.807) is 6.07 Å². The molecule has 8 nitrogen and oxygen atoms in total. The molecule has 2 atom stereocenters. The molecule has 0 bridgehead atoms. The van der Waals surface area contributed by atoms with Gasteiger partial charge in [0, 0.05) is 31.4 Å². The molecule has 6 N–H and O–H groups in total. The molecule has 1 aliphatic rings. The summed E-state index contributed by atoms with van der Waals surface area (Å²) in [5.74, 6) is 0.103. The van der Waals surface area contributed by atoms with Gasteiger partial charge in [-0.3, -0.25) is 9.59 Å². The summed E-state index contributed by atoms with van der Waals surface area (Å²) in [7, 11) is 0. The predicted molar refractivity (Wildman–Crippen MR) is 156 cm³/mol. The van der Waals surface area contributed by atoms with Gasteiger partial charge in [-0.05, 0) is 56.0 Å². The Morgan fingerprint density at radius 2 is 1.79 bits per heavy atom. The highest BCUT2D eigenvalue weighted by Gasteiger charge is 2.19. The lowest BCUT2D eigenvalue weighted by atomic mass is 10.1. The van der Waals surface area contributed by atoms with Crippen molar-refractivity contribution < 1.29 is 18.7 Å². The van der Waals surface area contributed by atoms with Gasteiger partial charge >= 0.3 is 0 Å². The van der Waals surface area contributed by atoms with E-state index in [0.29, 0.717) is 25.4 Å². The van der Waals surface area contributed by atoms with Crippen LogP contribution < -0.4 is 31.7 Å². The lowest BCUT2D eigenvalue weighted by Gasteiger charge is -2.20. The van der Waals surface area contributed by atoms with Gasteiger partial charge in [0.1, 0.15) is 24.2 Å². The van der Waals surface area contributed by atoms with Crippen molar-refractivity contribution >= 4 is 11.8 Å². The van der Waals surface area contributed by atoms with Gasteiger partial charge in [0.15, 0.2) is 0 Å². The third-order valence-corrected chi connectivity index (χ3v) is 5.41. The quantitative estimate of drug-likeness (QED) is 0.377. The van der Waals surface area contributed by atoms with Gasteiger partial charge in [-0.2, -0.15) is 0 Å². The van der Waals surface area contributed by atoms with Crippen LogP contribution >= 0.6 is 0 Å². The van der Waals surface area contributed by atoms with Crippen molar-refractivity contribution in [2.24, 2.45) is 5.73 Å². The first-order chi connectivity index (χ1) is 18.7. The van der Waals surface area contributed by atoms with Crippen LogP contribution in [-0.2, 0) is 16.0 Å². The molecule has 9 heteroatoms. The molecule has 0 spiro atoms. The van der Waals surface area contributed by atoms with E-state index < -0.39 is 6.04 Å². The van der Waals surface area contributed by atoms with Gasteiger partial charge in [-0.1, -0.05) is 57.2 Å². The number of rotatable bonds is 1. The van der Waals surface area contributed by atoms with Crippen LogP contribution in [0.5, 0.6) is 5.75 Å². The first kappa shape index (κ1) is 33.6. The molecular weight excluding hydrogens is 497 g/mol. The highest BCUT2D eigenvalue weighted by atomic mass is 19.1. The number of benzene rings is 2. The molecule has 2 amide bonds. The summed E-state index contributed by atoms with van der Waals surface area (Å²) in [6.45, 7) is 13.6. The Labute approximate surface area is 233 Å². The molecule has 1 aliphatic heterocycles. The number of nitrogens with one attached hydrogen (secondary N) is 4. The molecule has 2 aromatic carbocycles. The molecule has 216 valence electrons. The molecule has 0 saturated carbocycles. The van der Waals surface area contributed by atoms with E-state index in [1.165, 1.54) is 18.6 Å². The molecular formula is C30H46FN5O3. The number of nitrogens with two attached hydrogens (primary N) is 1. The van der Waals surface area contributed by atoms with Gasteiger partial charge in [-0.25, -0.2) is 4.39 Å². The van der Waals surface area contributed by atoms with Crippen LogP contribution in [0.15, 0.2) is 60.8 Å². The van der Waals surface area contributed by atoms with Crippen molar-refractivity contribution in [1.82, 2.24) is 21.3 Å². The maximum absolute atomic E-state index is 12.3. The molecule has 0 aromatic heterocycles. The topological polar surface area (TPSA) is 118 Å². The summed E-state index contributed by atoms with van der Waals surface area (Å²) < 4.78 is 18.1. The monoisotopic (exact) mass is 543 g/mol. The number of amides is 2. The predicted octanol–water partition coefficient (Wildman–Crippen LogP) is 3.20. The highest BCUT2D eigenvalue weighted by Crippen LogP contribution is 2.19. The van der Waals surface area contributed by atoms with E-state index in [-0.39, 0.29) is 36.8 Å². The lowest BCUT2D eigenvalue weighted by molar-refractivity contribution is -0.128. The Morgan fingerprint density at radius 1 is 1.08 bits per heavy atom. The maximum atomic E-state index is 12.3. The lowest BCUT2D eigenvalue weighted by Crippen LogP contribution is -2.52. The number of fused-ring (bicyclic) bond motifs is 1. The molecule has 1 heterocycles.